The first-order chi connectivity index (χ1) is 7.64. The lowest BCUT2D eigenvalue weighted by Gasteiger charge is -2.06. The molecule has 0 atom stereocenters. The summed E-state index contributed by atoms with van der Waals surface area (Å²) >= 11 is 0. The zero-order valence-corrected chi connectivity index (χ0v) is 10.3. The zero-order chi connectivity index (χ0) is 11.9. The Morgan fingerprint density at radius 3 is 2.69 bits per heavy atom. The number of hydrogen-bond donors (Lipinski definition) is 2. The molecule has 1 aliphatic rings. The number of aliphatic hydroxyl groups excluding tert-OH is 1. The second-order valence-corrected chi connectivity index (χ2v) is 6.09. The first-order valence-electron chi connectivity index (χ1n) is 5.80. The van der Waals surface area contributed by atoms with Crippen LogP contribution in [-0.4, -0.2) is 45.6 Å². The Kier molecular flexibility index (Phi) is 6.26. The predicted molar refractivity (Wildman–Crippen MR) is 61.7 cm³/mol. The summed E-state index contributed by atoms with van der Waals surface area (Å²) in [6, 6.07) is 0. The molecule has 5 nitrogen and oxygen atoms in total. The van der Waals surface area contributed by atoms with E-state index in [-0.39, 0.29) is 12.4 Å². The molecule has 6 heteroatoms. The summed E-state index contributed by atoms with van der Waals surface area (Å²) < 4.78 is 30.5. The maximum Gasteiger partial charge on any atom is 0.211 e. The van der Waals surface area contributed by atoms with E-state index < -0.39 is 10.0 Å². The fraction of sp³-hybridized carbons (Fsp3) is 1.00. The molecule has 1 rings (SSSR count). The van der Waals surface area contributed by atoms with Crippen LogP contribution in [0.15, 0.2) is 0 Å². The van der Waals surface area contributed by atoms with E-state index in [0.717, 1.165) is 6.61 Å². The lowest BCUT2D eigenvalue weighted by molar-refractivity contribution is 0.129. The molecule has 0 aromatic rings. The summed E-state index contributed by atoms with van der Waals surface area (Å²) in [5.41, 5.74) is 0. The van der Waals surface area contributed by atoms with Gasteiger partial charge in [-0.3, -0.25) is 0 Å². The number of sulfonamides is 1. The molecule has 0 heterocycles. The minimum Gasteiger partial charge on any atom is -0.396 e. The van der Waals surface area contributed by atoms with Crippen molar-refractivity contribution in [2.45, 2.75) is 25.7 Å². The second kappa shape index (κ2) is 7.21. The third-order valence-corrected chi connectivity index (χ3v) is 3.91. The van der Waals surface area contributed by atoms with Crippen molar-refractivity contribution in [3.63, 3.8) is 0 Å². The Morgan fingerprint density at radius 1 is 1.31 bits per heavy atom. The molecular weight excluding hydrogens is 230 g/mol. The summed E-state index contributed by atoms with van der Waals surface area (Å²) in [4.78, 5) is 0. The smallest absolute Gasteiger partial charge is 0.211 e. The number of rotatable bonds is 10. The molecule has 1 fully saturated rings. The van der Waals surface area contributed by atoms with E-state index in [1.54, 1.807) is 0 Å². The summed E-state index contributed by atoms with van der Waals surface area (Å²) in [7, 11) is -3.18. The third kappa shape index (κ3) is 7.16. The topological polar surface area (TPSA) is 75.6 Å². The van der Waals surface area contributed by atoms with Gasteiger partial charge in [0.05, 0.1) is 12.4 Å². The minimum absolute atomic E-state index is 0.0417. The van der Waals surface area contributed by atoms with E-state index >= 15 is 0 Å². The Hall–Kier alpha value is -0.170. The number of hydrogen-bond acceptors (Lipinski definition) is 4. The van der Waals surface area contributed by atoms with E-state index in [2.05, 4.69) is 4.72 Å². The summed E-state index contributed by atoms with van der Waals surface area (Å²) in [6.07, 6.45) is 3.51. The molecule has 0 bridgehead atoms. The number of aliphatic hydroxyl groups is 1. The minimum atomic E-state index is -3.18. The van der Waals surface area contributed by atoms with Crippen LogP contribution >= 0.6 is 0 Å². The van der Waals surface area contributed by atoms with Crippen LogP contribution in [0.1, 0.15) is 25.7 Å². The Labute approximate surface area is 97.2 Å². The highest BCUT2D eigenvalue weighted by molar-refractivity contribution is 7.89. The fourth-order valence-corrected chi connectivity index (χ4v) is 2.40. The largest absolute Gasteiger partial charge is 0.396 e. The monoisotopic (exact) mass is 251 g/mol. The fourth-order valence-electron chi connectivity index (χ4n) is 1.28. The van der Waals surface area contributed by atoms with E-state index in [0.29, 0.717) is 31.9 Å². The van der Waals surface area contributed by atoms with Crippen LogP contribution in [0.2, 0.25) is 0 Å². The average Bonchev–Trinajstić information content (AvgIpc) is 3.01. The van der Waals surface area contributed by atoms with Crippen molar-refractivity contribution in [3.05, 3.63) is 0 Å². The Balaban J connectivity index is 1.96. The molecule has 96 valence electrons. The van der Waals surface area contributed by atoms with E-state index in [1.807, 2.05) is 0 Å². The normalized spacial score (nSPS) is 16.6. The lowest BCUT2D eigenvalue weighted by Crippen LogP contribution is -2.29. The van der Waals surface area contributed by atoms with Gasteiger partial charge in [-0.25, -0.2) is 13.1 Å². The number of nitrogens with one attached hydrogen (secondary N) is 1. The Morgan fingerprint density at radius 2 is 2.06 bits per heavy atom. The van der Waals surface area contributed by atoms with E-state index in [4.69, 9.17) is 9.84 Å². The highest BCUT2D eigenvalue weighted by atomic mass is 32.2. The molecule has 0 radical (unpaired) electrons. The molecule has 1 saturated carbocycles. The van der Waals surface area contributed by atoms with Crippen LogP contribution in [0.4, 0.5) is 0 Å². The number of ether oxygens (including phenoxy) is 1. The van der Waals surface area contributed by atoms with Gasteiger partial charge in [-0.05, 0) is 31.6 Å². The van der Waals surface area contributed by atoms with Crippen LogP contribution in [0.5, 0.6) is 0 Å². The lowest BCUT2D eigenvalue weighted by atomic mass is 10.4. The standard InChI is InChI=1S/C10H21NO4S/c12-6-1-2-8-16(13,14)11-5-7-15-9-10-3-4-10/h10-12H,1-9H2. The van der Waals surface area contributed by atoms with E-state index in [1.165, 1.54) is 12.8 Å². The van der Waals surface area contributed by atoms with Crippen molar-refractivity contribution in [1.82, 2.24) is 4.72 Å². The van der Waals surface area contributed by atoms with Crippen LogP contribution in [0, 0.1) is 5.92 Å². The van der Waals surface area contributed by atoms with Crippen LogP contribution in [0.3, 0.4) is 0 Å². The van der Waals surface area contributed by atoms with Gasteiger partial charge in [0.15, 0.2) is 0 Å². The van der Waals surface area contributed by atoms with Gasteiger partial charge in [-0.1, -0.05) is 0 Å². The molecule has 0 aliphatic heterocycles. The first kappa shape index (κ1) is 13.9. The number of unbranched alkanes of at least 4 members (excludes halogenated alkanes) is 1. The third-order valence-electron chi connectivity index (χ3n) is 2.44. The quantitative estimate of drug-likeness (QED) is 0.540. The second-order valence-electron chi connectivity index (χ2n) is 4.16. The summed E-state index contributed by atoms with van der Waals surface area (Å²) in [5.74, 6) is 0.789. The van der Waals surface area contributed by atoms with Gasteiger partial charge < -0.3 is 9.84 Å². The first-order valence-corrected chi connectivity index (χ1v) is 7.45. The van der Waals surface area contributed by atoms with E-state index in [9.17, 15) is 8.42 Å². The average molecular weight is 251 g/mol. The van der Waals surface area contributed by atoms with Crippen LogP contribution < -0.4 is 4.72 Å². The highest BCUT2D eigenvalue weighted by Gasteiger charge is 2.20. The summed E-state index contributed by atoms with van der Waals surface area (Å²) in [6.45, 7) is 1.58. The van der Waals surface area contributed by atoms with Crippen molar-refractivity contribution in [1.29, 1.82) is 0 Å². The van der Waals surface area contributed by atoms with Gasteiger partial charge in [-0.2, -0.15) is 0 Å². The Bertz CT molecular complexity index is 275. The molecule has 0 aromatic carbocycles. The molecule has 0 unspecified atom stereocenters. The van der Waals surface area contributed by atoms with Crippen molar-refractivity contribution < 1.29 is 18.3 Å². The van der Waals surface area contributed by atoms with Crippen molar-refractivity contribution in [2.75, 3.05) is 32.1 Å². The molecule has 0 spiro atoms. The van der Waals surface area contributed by atoms with Crippen LogP contribution in [0.25, 0.3) is 0 Å². The van der Waals surface area contributed by atoms with Gasteiger partial charge >= 0.3 is 0 Å². The van der Waals surface area contributed by atoms with Gasteiger partial charge in [-0.15, -0.1) is 0 Å². The maximum absolute atomic E-state index is 11.4. The molecule has 0 aromatic heterocycles. The molecule has 0 amide bonds. The molecule has 16 heavy (non-hydrogen) atoms. The van der Waals surface area contributed by atoms with Gasteiger partial charge in [0.2, 0.25) is 10.0 Å². The van der Waals surface area contributed by atoms with Gasteiger partial charge in [0, 0.05) is 19.8 Å². The summed E-state index contributed by atoms with van der Waals surface area (Å²) in [5, 5.41) is 8.53. The molecule has 1 aliphatic carbocycles. The van der Waals surface area contributed by atoms with Crippen molar-refractivity contribution >= 4 is 10.0 Å². The van der Waals surface area contributed by atoms with Crippen LogP contribution in [-0.2, 0) is 14.8 Å². The van der Waals surface area contributed by atoms with Crippen molar-refractivity contribution in [3.8, 4) is 0 Å². The SMILES string of the molecule is O=S(=O)(CCCCO)NCCOCC1CC1. The highest BCUT2D eigenvalue weighted by Crippen LogP contribution is 2.28. The van der Waals surface area contributed by atoms with Gasteiger partial charge in [0.25, 0.3) is 0 Å². The maximum atomic E-state index is 11.4. The van der Waals surface area contributed by atoms with Crippen molar-refractivity contribution in [2.24, 2.45) is 5.92 Å². The predicted octanol–water partition coefficient (Wildman–Crippen LogP) is 0.105. The zero-order valence-electron chi connectivity index (χ0n) is 9.52. The molecule has 2 N–H and O–H groups in total. The molecule has 0 saturated heterocycles. The molecular formula is C10H21NO4S. The van der Waals surface area contributed by atoms with Gasteiger partial charge in [0.1, 0.15) is 0 Å².